The highest BCUT2D eigenvalue weighted by atomic mass is 16.5. The van der Waals surface area contributed by atoms with E-state index in [0.717, 1.165) is 19.4 Å². The zero-order valence-electron chi connectivity index (χ0n) is 13.8. The number of hydrogen-bond donors (Lipinski definition) is 0. The van der Waals surface area contributed by atoms with Crippen LogP contribution in [-0.4, -0.2) is 36.1 Å². The summed E-state index contributed by atoms with van der Waals surface area (Å²) in [6.45, 7) is 1.50. The Hall–Kier alpha value is -1.35. The molecule has 0 radical (unpaired) electrons. The minimum absolute atomic E-state index is 0.289. The molecule has 1 saturated heterocycles. The van der Waals surface area contributed by atoms with Crippen LogP contribution in [0, 0.1) is 5.92 Å². The van der Waals surface area contributed by atoms with E-state index in [4.69, 9.17) is 4.74 Å². The number of amides is 1. The lowest BCUT2D eigenvalue weighted by Crippen LogP contribution is -2.55. The second kappa shape index (κ2) is 6.64. The van der Waals surface area contributed by atoms with Gasteiger partial charge in [-0.2, -0.15) is 0 Å². The molecule has 3 aliphatic rings. The molecule has 3 nitrogen and oxygen atoms in total. The number of nitrogens with zero attached hydrogens (tertiary/aromatic N) is 1. The molecule has 1 heterocycles. The van der Waals surface area contributed by atoms with E-state index >= 15 is 0 Å². The van der Waals surface area contributed by atoms with Crippen molar-refractivity contribution in [1.29, 1.82) is 0 Å². The fraction of sp³-hybridized carbons (Fsp3) is 0.650. The lowest BCUT2D eigenvalue weighted by atomic mass is 9.87. The van der Waals surface area contributed by atoms with Crippen molar-refractivity contribution < 1.29 is 9.53 Å². The number of morpholine rings is 1. The molecule has 3 unspecified atom stereocenters. The third kappa shape index (κ3) is 3.30. The molecule has 4 rings (SSSR count). The van der Waals surface area contributed by atoms with Crippen molar-refractivity contribution in [2.45, 2.75) is 63.0 Å². The monoisotopic (exact) mass is 313 g/mol. The Labute approximate surface area is 139 Å². The Balaban J connectivity index is 1.47. The molecule has 0 aromatic heterocycles. The topological polar surface area (TPSA) is 29.5 Å². The average molecular weight is 313 g/mol. The predicted octanol–water partition coefficient (Wildman–Crippen LogP) is 3.74. The van der Waals surface area contributed by atoms with E-state index in [9.17, 15) is 4.79 Å². The highest BCUT2D eigenvalue weighted by Crippen LogP contribution is 2.45. The van der Waals surface area contributed by atoms with Gasteiger partial charge in [-0.25, -0.2) is 0 Å². The normalized spacial score (nSPS) is 29.0. The Bertz CT molecular complexity index is 538. The van der Waals surface area contributed by atoms with E-state index in [1.165, 1.54) is 31.2 Å². The molecule has 23 heavy (non-hydrogen) atoms. The highest BCUT2D eigenvalue weighted by Gasteiger charge is 2.39. The first-order valence-electron chi connectivity index (χ1n) is 9.29. The van der Waals surface area contributed by atoms with Gasteiger partial charge in [-0.15, -0.1) is 0 Å². The first-order chi connectivity index (χ1) is 11.3. The zero-order valence-corrected chi connectivity index (χ0v) is 13.8. The van der Waals surface area contributed by atoms with Crippen molar-refractivity contribution in [3.63, 3.8) is 0 Å². The van der Waals surface area contributed by atoms with Gasteiger partial charge < -0.3 is 9.64 Å². The van der Waals surface area contributed by atoms with E-state index in [0.29, 0.717) is 36.8 Å². The van der Waals surface area contributed by atoms with Crippen LogP contribution >= 0.6 is 0 Å². The van der Waals surface area contributed by atoms with Crippen LogP contribution in [0.25, 0.3) is 0 Å². The summed E-state index contributed by atoms with van der Waals surface area (Å²) in [7, 11) is 0. The molecule has 2 aliphatic carbocycles. The van der Waals surface area contributed by atoms with E-state index in [-0.39, 0.29) is 6.10 Å². The van der Waals surface area contributed by atoms with Crippen LogP contribution in [0.5, 0.6) is 0 Å². The van der Waals surface area contributed by atoms with Crippen molar-refractivity contribution >= 4 is 5.91 Å². The average Bonchev–Trinajstić information content (AvgIpc) is 3.44. The summed E-state index contributed by atoms with van der Waals surface area (Å²) in [5.74, 6) is 1.48. The lowest BCUT2D eigenvalue weighted by Gasteiger charge is -2.44. The zero-order chi connectivity index (χ0) is 15.6. The Kier molecular flexibility index (Phi) is 4.39. The number of rotatable bonds is 4. The van der Waals surface area contributed by atoms with Gasteiger partial charge in [0, 0.05) is 13.0 Å². The summed E-state index contributed by atoms with van der Waals surface area (Å²) in [6.07, 6.45) is 8.26. The van der Waals surface area contributed by atoms with Gasteiger partial charge in [0.2, 0.25) is 5.91 Å². The minimum atomic E-state index is 0.289. The largest absolute Gasteiger partial charge is 0.374 e. The summed E-state index contributed by atoms with van der Waals surface area (Å²) >= 11 is 0. The summed E-state index contributed by atoms with van der Waals surface area (Å²) in [6, 6.07) is 11.0. The maximum atomic E-state index is 13.0. The smallest absolute Gasteiger partial charge is 0.223 e. The molecule has 0 spiro atoms. The lowest BCUT2D eigenvalue weighted by molar-refractivity contribution is -0.150. The van der Waals surface area contributed by atoms with Gasteiger partial charge in [0.15, 0.2) is 0 Å². The summed E-state index contributed by atoms with van der Waals surface area (Å²) in [4.78, 5) is 15.2. The number of benzene rings is 1. The minimum Gasteiger partial charge on any atom is -0.374 e. The standard InChI is InChI=1S/C20H27NO2/c22-20(21-12-13-23-19-9-5-4-8-18(19)21)14-17(16-10-11-16)15-6-2-1-3-7-15/h1-3,6-7,16-19H,4-5,8-14H2. The van der Waals surface area contributed by atoms with Crippen LogP contribution in [0.15, 0.2) is 30.3 Å². The van der Waals surface area contributed by atoms with E-state index in [2.05, 4.69) is 35.2 Å². The Morgan fingerprint density at radius 1 is 1.13 bits per heavy atom. The number of carbonyl (C=O) groups excluding carboxylic acids is 1. The van der Waals surface area contributed by atoms with Crippen LogP contribution in [0.4, 0.5) is 0 Å². The number of hydrogen-bond acceptors (Lipinski definition) is 2. The molecule has 0 N–H and O–H groups in total. The molecule has 124 valence electrons. The van der Waals surface area contributed by atoms with Crippen LogP contribution < -0.4 is 0 Å². The molecular formula is C20H27NO2. The summed E-state index contributed by atoms with van der Waals surface area (Å²) in [5.41, 5.74) is 1.34. The second-order valence-corrected chi connectivity index (χ2v) is 7.41. The van der Waals surface area contributed by atoms with Gasteiger partial charge in [-0.3, -0.25) is 4.79 Å². The SMILES string of the molecule is O=C(CC(c1ccccc1)C1CC1)N1CCOC2CCCCC21. The molecule has 1 aromatic carbocycles. The van der Waals surface area contributed by atoms with E-state index < -0.39 is 0 Å². The first kappa shape index (κ1) is 15.2. The molecule has 1 aromatic rings. The Morgan fingerprint density at radius 3 is 2.70 bits per heavy atom. The first-order valence-corrected chi connectivity index (χ1v) is 9.29. The fourth-order valence-corrected chi connectivity index (χ4v) is 4.47. The van der Waals surface area contributed by atoms with Crippen molar-refractivity contribution in [2.75, 3.05) is 13.2 Å². The summed E-state index contributed by atoms with van der Waals surface area (Å²) in [5, 5.41) is 0. The van der Waals surface area contributed by atoms with Crippen molar-refractivity contribution in [3.05, 3.63) is 35.9 Å². The van der Waals surface area contributed by atoms with Gasteiger partial charge in [-0.1, -0.05) is 43.2 Å². The third-order valence-corrected chi connectivity index (χ3v) is 5.87. The maximum absolute atomic E-state index is 13.0. The number of ether oxygens (including phenoxy) is 1. The van der Waals surface area contributed by atoms with Crippen LogP contribution in [0.3, 0.4) is 0 Å². The molecule has 0 bridgehead atoms. The van der Waals surface area contributed by atoms with Crippen molar-refractivity contribution in [1.82, 2.24) is 4.90 Å². The van der Waals surface area contributed by atoms with Gasteiger partial charge >= 0.3 is 0 Å². The molecule has 3 fully saturated rings. The maximum Gasteiger partial charge on any atom is 0.223 e. The van der Waals surface area contributed by atoms with E-state index in [1.54, 1.807) is 0 Å². The van der Waals surface area contributed by atoms with Gasteiger partial charge in [0.05, 0.1) is 18.8 Å². The molecule has 3 heteroatoms. The summed E-state index contributed by atoms with van der Waals surface area (Å²) < 4.78 is 5.92. The predicted molar refractivity (Wildman–Crippen MR) is 90.2 cm³/mol. The number of carbonyl (C=O) groups is 1. The van der Waals surface area contributed by atoms with Gasteiger partial charge in [0.1, 0.15) is 0 Å². The molecule has 2 saturated carbocycles. The third-order valence-electron chi connectivity index (χ3n) is 5.87. The van der Waals surface area contributed by atoms with Crippen LogP contribution in [-0.2, 0) is 9.53 Å². The van der Waals surface area contributed by atoms with Crippen LogP contribution in [0.2, 0.25) is 0 Å². The molecule has 3 atom stereocenters. The van der Waals surface area contributed by atoms with Crippen LogP contribution in [0.1, 0.15) is 56.4 Å². The highest BCUT2D eigenvalue weighted by molar-refractivity contribution is 5.78. The van der Waals surface area contributed by atoms with Crippen molar-refractivity contribution in [2.24, 2.45) is 5.92 Å². The quantitative estimate of drug-likeness (QED) is 0.847. The van der Waals surface area contributed by atoms with E-state index in [1.807, 2.05) is 0 Å². The fourth-order valence-electron chi connectivity index (χ4n) is 4.47. The second-order valence-electron chi connectivity index (χ2n) is 7.41. The molecule has 1 aliphatic heterocycles. The molecular weight excluding hydrogens is 286 g/mol. The number of fused-ring (bicyclic) bond motifs is 1. The van der Waals surface area contributed by atoms with Gasteiger partial charge in [-0.05, 0) is 43.1 Å². The van der Waals surface area contributed by atoms with Gasteiger partial charge in [0.25, 0.3) is 0 Å². The van der Waals surface area contributed by atoms with Crippen molar-refractivity contribution in [3.8, 4) is 0 Å². The Morgan fingerprint density at radius 2 is 1.91 bits per heavy atom. The molecule has 1 amide bonds.